The van der Waals surface area contributed by atoms with Crippen LogP contribution in [0.4, 0.5) is 0 Å². The maximum absolute atomic E-state index is 12.6. The largest absolute Gasteiger partial charge is 0.478 e. The highest BCUT2D eigenvalue weighted by Crippen LogP contribution is 2.26. The second kappa shape index (κ2) is 5.05. The summed E-state index contributed by atoms with van der Waals surface area (Å²) in [6, 6.07) is 10.3. The fraction of sp³-hybridized carbons (Fsp3) is 0.167. The van der Waals surface area contributed by atoms with E-state index < -0.39 is 5.97 Å². The van der Waals surface area contributed by atoms with Crippen LogP contribution in [0.3, 0.4) is 0 Å². The van der Waals surface area contributed by atoms with E-state index in [1.165, 1.54) is 0 Å². The fourth-order valence-corrected chi connectivity index (χ4v) is 3.32. The number of fused-ring (bicyclic) bond motifs is 2. The molecular formula is C18H14N2O3. The van der Waals surface area contributed by atoms with Gasteiger partial charge in [-0.15, -0.1) is 0 Å². The molecule has 4 rings (SSSR count). The van der Waals surface area contributed by atoms with Gasteiger partial charge in [0.15, 0.2) is 5.43 Å². The molecule has 1 aliphatic carbocycles. The summed E-state index contributed by atoms with van der Waals surface area (Å²) in [5.74, 6) is -0.971. The van der Waals surface area contributed by atoms with Gasteiger partial charge >= 0.3 is 5.97 Å². The zero-order valence-electron chi connectivity index (χ0n) is 12.3. The van der Waals surface area contributed by atoms with Crippen molar-refractivity contribution in [2.45, 2.75) is 19.3 Å². The van der Waals surface area contributed by atoms with Crippen LogP contribution in [-0.2, 0) is 12.8 Å². The Bertz CT molecular complexity index is 1000. The number of rotatable bonds is 2. The van der Waals surface area contributed by atoms with Crippen molar-refractivity contribution in [1.82, 2.24) is 9.55 Å². The van der Waals surface area contributed by atoms with E-state index in [4.69, 9.17) is 0 Å². The van der Waals surface area contributed by atoms with E-state index in [-0.39, 0.29) is 11.0 Å². The molecule has 0 radical (unpaired) electrons. The Morgan fingerprint density at radius 3 is 2.87 bits per heavy atom. The topological polar surface area (TPSA) is 72.2 Å². The fourth-order valence-electron chi connectivity index (χ4n) is 3.32. The molecule has 5 nitrogen and oxygen atoms in total. The molecule has 3 aromatic rings. The van der Waals surface area contributed by atoms with Crippen molar-refractivity contribution in [3.8, 4) is 5.69 Å². The van der Waals surface area contributed by atoms with Gasteiger partial charge in [-0.2, -0.15) is 0 Å². The van der Waals surface area contributed by atoms with Crippen molar-refractivity contribution in [2.75, 3.05) is 0 Å². The van der Waals surface area contributed by atoms with Gasteiger partial charge in [0.05, 0.1) is 10.9 Å². The van der Waals surface area contributed by atoms with Gasteiger partial charge in [0.1, 0.15) is 5.65 Å². The number of aromatic nitrogens is 2. The first-order valence-corrected chi connectivity index (χ1v) is 7.52. The molecule has 1 aliphatic rings. The maximum atomic E-state index is 12.6. The molecule has 0 spiro atoms. The van der Waals surface area contributed by atoms with Crippen LogP contribution in [0.5, 0.6) is 0 Å². The smallest absolute Gasteiger partial charge is 0.335 e. The van der Waals surface area contributed by atoms with Gasteiger partial charge in [0.25, 0.3) is 0 Å². The highest BCUT2D eigenvalue weighted by atomic mass is 16.4. The minimum atomic E-state index is -0.971. The van der Waals surface area contributed by atoms with E-state index in [2.05, 4.69) is 4.98 Å². The number of aromatic carboxylic acids is 1. The lowest BCUT2D eigenvalue weighted by molar-refractivity contribution is 0.0697. The summed E-state index contributed by atoms with van der Waals surface area (Å²) < 4.78 is 1.94. The first-order valence-electron chi connectivity index (χ1n) is 7.52. The number of hydrogen-bond acceptors (Lipinski definition) is 3. The standard InChI is InChI=1S/C18H14N2O3/c21-16-13-6-2-8-15(13)20(17-14(16)7-3-9-19-17)12-5-1-4-11(10-12)18(22)23/h1,3-5,7,9-10H,2,6,8H2,(H,22,23). The predicted octanol–water partition coefficient (Wildman–Crippen LogP) is 2.57. The van der Waals surface area contributed by atoms with Crippen LogP contribution >= 0.6 is 0 Å². The minimum Gasteiger partial charge on any atom is -0.478 e. The SMILES string of the molecule is O=C(O)c1cccc(-n2c3c(c(=O)c4cccnc42)CCC3)c1. The Morgan fingerprint density at radius 2 is 2.04 bits per heavy atom. The number of hydrogen-bond donors (Lipinski definition) is 1. The molecule has 114 valence electrons. The highest BCUT2D eigenvalue weighted by Gasteiger charge is 2.22. The molecule has 5 heteroatoms. The predicted molar refractivity (Wildman–Crippen MR) is 86.3 cm³/mol. The zero-order chi connectivity index (χ0) is 16.0. The lowest BCUT2D eigenvalue weighted by atomic mass is 10.1. The molecule has 0 fully saturated rings. The van der Waals surface area contributed by atoms with Gasteiger partial charge in [-0.05, 0) is 49.6 Å². The molecule has 0 amide bonds. The van der Waals surface area contributed by atoms with E-state index >= 15 is 0 Å². The van der Waals surface area contributed by atoms with Gasteiger partial charge in [-0.3, -0.25) is 9.36 Å². The third kappa shape index (κ3) is 2.04. The number of nitrogens with zero attached hydrogens (tertiary/aromatic N) is 2. The zero-order valence-corrected chi connectivity index (χ0v) is 12.3. The average molecular weight is 306 g/mol. The third-order valence-electron chi connectivity index (χ3n) is 4.33. The molecule has 23 heavy (non-hydrogen) atoms. The summed E-state index contributed by atoms with van der Waals surface area (Å²) in [6.45, 7) is 0. The summed E-state index contributed by atoms with van der Waals surface area (Å²) in [6.07, 6.45) is 4.15. The van der Waals surface area contributed by atoms with Crippen molar-refractivity contribution < 1.29 is 9.90 Å². The second-order valence-corrected chi connectivity index (χ2v) is 5.67. The van der Waals surface area contributed by atoms with E-state index in [1.54, 1.807) is 36.5 Å². The van der Waals surface area contributed by atoms with Gasteiger partial charge in [0, 0.05) is 23.1 Å². The molecule has 0 saturated heterocycles. The van der Waals surface area contributed by atoms with Crippen LogP contribution in [0.25, 0.3) is 16.7 Å². The van der Waals surface area contributed by atoms with Crippen LogP contribution in [0, 0.1) is 0 Å². The first kappa shape index (κ1) is 13.7. The van der Waals surface area contributed by atoms with Gasteiger partial charge in [-0.1, -0.05) is 6.07 Å². The summed E-state index contributed by atoms with van der Waals surface area (Å²) >= 11 is 0. The Kier molecular flexibility index (Phi) is 3.01. The molecule has 2 aromatic heterocycles. The lowest BCUT2D eigenvalue weighted by Gasteiger charge is -2.16. The number of carbonyl (C=O) groups is 1. The van der Waals surface area contributed by atoms with E-state index in [0.29, 0.717) is 11.0 Å². The molecule has 0 aliphatic heterocycles. The van der Waals surface area contributed by atoms with Crippen LogP contribution < -0.4 is 5.43 Å². The highest BCUT2D eigenvalue weighted by molar-refractivity contribution is 5.88. The van der Waals surface area contributed by atoms with Crippen molar-refractivity contribution in [1.29, 1.82) is 0 Å². The number of carboxylic acid groups (broad SMARTS) is 1. The Balaban J connectivity index is 2.12. The minimum absolute atomic E-state index is 0.0474. The normalized spacial score (nSPS) is 13.2. The van der Waals surface area contributed by atoms with Gasteiger partial charge < -0.3 is 5.11 Å². The summed E-state index contributed by atoms with van der Waals surface area (Å²) in [4.78, 5) is 28.3. The average Bonchev–Trinajstić information content (AvgIpc) is 3.05. The third-order valence-corrected chi connectivity index (χ3v) is 4.33. The molecule has 0 saturated carbocycles. The maximum Gasteiger partial charge on any atom is 0.335 e. The number of pyridine rings is 2. The molecule has 1 N–H and O–H groups in total. The van der Waals surface area contributed by atoms with Crippen LogP contribution in [-0.4, -0.2) is 20.6 Å². The first-order chi connectivity index (χ1) is 11.2. The molecular weight excluding hydrogens is 292 g/mol. The monoisotopic (exact) mass is 306 g/mol. The Hall–Kier alpha value is -2.95. The van der Waals surface area contributed by atoms with Crippen molar-refractivity contribution in [2.24, 2.45) is 0 Å². The van der Waals surface area contributed by atoms with Gasteiger partial charge in [-0.25, -0.2) is 9.78 Å². The summed E-state index contributed by atoms with van der Waals surface area (Å²) in [5, 5.41) is 9.81. The quantitative estimate of drug-likeness (QED) is 0.790. The van der Waals surface area contributed by atoms with Crippen molar-refractivity contribution in [3.05, 3.63) is 69.6 Å². The van der Waals surface area contributed by atoms with E-state index in [0.717, 1.165) is 36.2 Å². The molecule has 2 heterocycles. The summed E-state index contributed by atoms with van der Waals surface area (Å²) in [5.41, 5.74) is 3.35. The Labute approximate surface area is 131 Å². The molecule has 1 aromatic carbocycles. The van der Waals surface area contributed by atoms with E-state index in [9.17, 15) is 14.7 Å². The Morgan fingerprint density at radius 1 is 1.17 bits per heavy atom. The second-order valence-electron chi connectivity index (χ2n) is 5.67. The van der Waals surface area contributed by atoms with Crippen LogP contribution in [0.2, 0.25) is 0 Å². The van der Waals surface area contributed by atoms with Gasteiger partial charge in [0.2, 0.25) is 0 Å². The van der Waals surface area contributed by atoms with Crippen molar-refractivity contribution in [3.63, 3.8) is 0 Å². The van der Waals surface area contributed by atoms with Crippen LogP contribution in [0.1, 0.15) is 28.0 Å². The molecule has 0 unspecified atom stereocenters. The number of benzene rings is 1. The molecule has 0 atom stereocenters. The van der Waals surface area contributed by atoms with Crippen molar-refractivity contribution >= 4 is 17.0 Å². The number of carboxylic acids is 1. The van der Waals surface area contributed by atoms with E-state index in [1.807, 2.05) is 10.6 Å². The lowest BCUT2D eigenvalue weighted by Crippen LogP contribution is -2.17. The molecule has 0 bridgehead atoms. The summed E-state index contributed by atoms with van der Waals surface area (Å²) in [7, 11) is 0. The van der Waals surface area contributed by atoms with Crippen LogP contribution in [0.15, 0.2) is 47.4 Å².